The van der Waals surface area contributed by atoms with Crippen molar-refractivity contribution in [2.24, 2.45) is 0 Å². The van der Waals surface area contributed by atoms with Gasteiger partial charge in [0.05, 0.1) is 0 Å². The predicted octanol–water partition coefficient (Wildman–Crippen LogP) is 3.25. The molecule has 0 bridgehead atoms. The third kappa shape index (κ3) is 5.42. The van der Waals surface area contributed by atoms with E-state index in [1.54, 1.807) is 0 Å². The van der Waals surface area contributed by atoms with Crippen LogP contribution in [0.25, 0.3) is 0 Å². The van der Waals surface area contributed by atoms with E-state index in [-0.39, 0.29) is 0 Å². The fourth-order valence-electron chi connectivity index (χ4n) is 0.898. The highest BCUT2D eigenvalue weighted by Gasteiger charge is 1.91. The minimum absolute atomic E-state index is 1.00. The molecule has 1 aromatic carbocycles. The lowest BCUT2D eigenvalue weighted by molar-refractivity contribution is 0.399. The van der Waals surface area contributed by atoms with Gasteiger partial charge in [0.2, 0.25) is 0 Å². The highest BCUT2D eigenvalue weighted by atomic mass is 16.2. The molecule has 1 N–H and O–H groups in total. The molecule has 1 nitrogen and oxygen atoms in total. The van der Waals surface area contributed by atoms with Crippen LogP contribution in [0, 0.1) is 20.8 Å². The van der Waals surface area contributed by atoms with Gasteiger partial charge < -0.3 is 5.11 Å². The average molecular weight is 182 g/mol. The summed E-state index contributed by atoms with van der Waals surface area (Å²) in [6, 6.07) is 6.38. The first-order valence-corrected chi connectivity index (χ1v) is 4.69. The summed E-state index contributed by atoms with van der Waals surface area (Å²) in [5.41, 5.74) is 4.18. The Kier molecular flexibility index (Phi) is 10.5. The summed E-state index contributed by atoms with van der Waals surface area (Å²) in [4.78, 5) is 0. The van der Waals surface area contributed by atoms with Gasteiger partial charge in [-0.3, -0.25) is 0 Å². The van der Waals surface area contributed by atoms with Crippen LogP contribution in [0.4, 0.5) is 0 Å². The van der Waals surface area contributed by atoms with E-state index in [0.717, 1.165) is 7.11 Å². The van der Waals surface area contributed by atoms with E-state index < -0.39 is 0 Å². The molecule has 0 spiro atoms. The summed E-state index contributed by atoms with van der Waals surface area (Å²) in [7, 11) is 1.00. The maximum atomic E-state index is 7.00. The molecule has 0 amide bonds. The van der Waals surface area contributed by atoms with Gasteiger partial charge >= 0.3 is 0 Å². The summed E-state index contributed by atoms with van der Waals surface area (Å²) in [6.07, 6.45) is 0. The maximum absolute atomic E-state index is 7.00. The van der Waals surface area contributed by atoms with Crippen molar-refractivity contribution in [2.45, 2.75) is 34.6 Å². The molecule has 1 aromatic rings. The molecule has 1 rings (SSSR count). The Morgan fingerprint density at radius 2 is 1.15 bits per heavy atom. The Labute approximate surface area is 82.4 Å². The van der Waals surface area contributed by atoms with Crippen LogP contribution >= 0.6 is 0 Å². The number of aliphatic hydroxyl groups excluding tert-OH is 1. The third-order valence-corrected chi connectivity index (χ3v) is 1.88. The van der Waals surface area contributed by atoms with Crippen LogP contribution in [0.1, 0.15) is 30.5 Å². The summed E-state index contributed by atoms with van der Waals surface area (Å²) in [6.45, 7) is 10.4. The summed E-state index contributed by atoms with van der Waals surface area (Å²) in [5, 5.41) is 7.00. The van der Waals surface area contributed by atoms with E-state index in [2.05, 4.69) is 39.0 Å². The zero-order valence-corrected chi connectivity index (χ0v) is 9.68. The van der Waals surface area contributed by atoms with E-state index in [9.17, 15) is 0 Å². The SMILES string of the molecule is CC.CO.Cc1cccc(C)c1C. The predicted molar refractivity (Wildman–Crippen MR) is 60.1 cm³/mol. The molecule has 0 aromatic heterocycles. The number of benzene rings is 1. The maximum Gasteiger partial charge on any atom is 0.0319 e. The van der Waals surface area contributed by atoms with Crippen molar-refractivity contribution >= 4 is 0 Å². The van der Waals surface area contributed by atoms with Crippen LogP contribution < -0.4 is 0 Å². The molecule has 0 aliphatic rings. The van der Waals surface area contributed by atoms with Gasteiger partial charge in [-0.25, -0.2) is 0 Å². The van der Waals surface area contributed by atoms with Crippen LogP contribution in [0.5, 0.6) is 0 Å². The molecule has 0 aliphatic carbocycles. The Morgan fingerprint density at radius 1 is 0.846 bits per heavy atom. The van der Waals surface area contributed by atoms with Crippen LogP contribution in [0.15, 0.2) is 18.2 Å². The highest BCUT2D eigenvalue weighted by molar-refractivity contribution is 5.31. The van der Waals surface area contributed by atoms with Crippen molar-refractivity contribution in [3.05, 3.63) is 34.9 Å². The number of aryl methyl sites for hydroxylation is 2. The van der Waals surface area contributed by atoms with E-state index in [1.165, 1.54) is 16.7 Å². The van der Waals surface area contributed by atoms with Crippen molar-refractivity contribution in [2.75, 3.05) is 7.11 Å². The Balaban J connectivity index is 0. The van der Waals surface area contributed by atoms with Gasteiger partial charge in [0.1, 0.15) is 0 Å². The van der Waals surface area contributed by atoms with Gasteiger partial charge in [-0.2, -0.15) is 0 Å². The molecule has 0 saturated heterocycles. The molecule has 0 radical (unpaired) electrons. The van der Waals surface area contributed by atoms with Crippen molar-refractivity contribution in [1.82, 2.24) is 0 Å². The molecule has 0 fully saturated rings. The van der Waals surface area contributed by atoms with E-state index in [0.29, 0.717) is 0 Å². The number of hydrogen-bond donors (Lipinski definition) is 1. The third-order valence-electron chi connectivity index (χ3n) is 1.88. The van der Waals surface area contributed by atoms with Crippen LogP contribution in [0.3, 0.4) is 0 Å². The van der Waals surface area contributed by atoms with E-state index >= 15 is 0 Å². The molecule has 0 unspecified atom stereocenters. The molecule has 76 valence electrons. The van der Waals surface area contributed by atoms with Crippen LogP contribution in [-0.2, 0) is 0 Å². The fraction of sp³-hybridized carbons (Fsp3) is 0.500. The van der Waals surface area contributed by atoms with Gasteiger partial charge in [0.15, 0.2) is 0 Å². The van der Waals surface area contributed by atoms with Crippen molar-refractivity contribution in [3.63, 3.8) is 0 Å². The second-order valence-electron chi connectivity index (χ2n) is 2.52. The molecule has 0 atom stereocenters. The Morgan fingerprint density at radius 3 is 1.38 bits per heavy atom. The van der Waals surface area contributed by atoms with E-state index in [4.69, 9.17) is 5.11 Å². The number of aliphatic hydroxyl groups is 1. The zero-order chi connectivity index (χ0) is 10.9. The van der Waals surface area contributed by atoms with Gasteiger partial charge in [-0.1, -0.05) is 32.0 Å². The first-order chi connectivity index (χ1) is 6.22. The number of rotatable bonds is 0. The quantitative estimate of drug-likeness (QED) is 0.653. The lowest BCUT2D eigenvalue weighted by Gasteiger charge is -2.00. The smallest absolute Gasteiger partial charge is 0.0319 e. The van der Waals surface area contributed by atoms with Gasteiger partial charge in [-0.15, -0.1) is 0 Å². The number of hydrogen-bond acceptors (Lipinski definition) is 1. The van der Waals surface area contributed by atoms with Crippen LogP contribution in [0.2, 0.25) is 0 Å². The topological polar surface area (TPSA) is 20.2 Å². The highest BCUT2D eigenvalue weighted by Crippen LogP contribution is 2.09. The molecule has 0 aliphatic heterocycles. The molecular formula is C12H22O. The molecule has 13 heavy (non-hydrogen) atoms. The second kappa shape index (κ2) is 9.27. The van der Waals surface area contributed by atoms with Gasteiger partial charge in [0, 0.05) is 7.11 Å². The fourth-order valence-corrected chi connectivity index (χ4v) is 0.898. The molecular weight excluding hydrogens is 160 g/mol. The van der Waals surface area contributed by atoms with Gasteiger partial charge in [-0.05, 0) is 37.5 Å². The Hall–Kier alpha value is -0.820. The lowest BCUT2D eigenvalue weighted by Crippen LogP contribution is -1.82. The minimum Gasteiger partial charge on any atom is -0.400 e. The first kappa shape index (κ1) is 14.7. The standard InChI is InChI=1S/C9H12.C2H6.CH4O/c1-7-5-4-6-8(2)9(7)3;2*1-2/h4-6H,1-3H3;1-2H3;2H,1H3. The van der Waals surface area contributed by atoms with Crippen molar-refractivity contribution in [1.29, 1.82) is 0 Å². The summed E-state index contributed by atoms with van der Waals surface area (Å²) in [5.74, 6) is 0. The van der Waals surface area contributed by atoms with Gasteiger partial charge in [0.25, 0.3) is 0 Å². The second-order valence-corrected chi connectivity index (χ2v) is 2.52. The lowest BCUT2D eigenvalue weighted by atomic mass is 10.1. The normalized spacial score (nSPS) is 7.62. The van der Waals surface area contributed by atoms with Crippen molar-refractivity contribution in [3.8, 4) is 0 Å². The monoisotopic (exact) mass is 182 g/mol. The Bertz CT molecular complexity index is 196. The molecule has 1 heteroatoms. The van der Waals surface area contributed by atoms with Crippen molar-refractivity contribution < 1.29 is 5.11 Å². The molecule has 0 heterocycles. The first-order valence-electron chi connectivity index (χ1n) is 4.69. The largest absolute Gasteiger partial charge is 0.400 e. The summed E-state index contributed by atoms with van der Waals surface area (Å²) < 4.78 is 0. The zero-order valence-electron chi connectivity index (χ0n) is 9.68. The summed E-state index contributed by atoms with van der Waals surface area (Å²) >= 11 is 0. The average Bonchev–Trinajstić information content (AvgIpc) is 2.20. The van der Waals surface area contributed by atoms with Crippen LogP contribution in [-0.4, -0.2) is 12.2 Å². The van der Waals surface area contributed by atoms with E-state index in [1.807, 2.05) is 13.8 Å². The molecule has 0 saturated carbocycles. The minimum atomic E-state index is 1.00.